The zero-order chi connectivity index (χ0) is 13.8. The number of nitrogen functional groups attached to an aromatic ring is 1. The zero-order valence-electron chi connectivity index (χ0n) is 10.8. The summed E-state index contributed by atoms with van der Waals surface area (Å²) in [6.45, 7) is 0. The summed E-state index contributed by atoms with van der Waals surface area (Å²) >= 11 is 0. The van der Waals surface area contributed by atoms with Gasteiger partial charge in [0.2, 0.25) is 0 Å². The van der Waals surface area contributed by atoms with Crippen molar-refractivity contribution >= 4 is 17.1 Å². The maximum absolute atomic E-state index is 11.2. The van der Waals surface area contributed by atoms with Crippen LogP contribution in [-0.2, 0) is 4.74 Å². The van der Waals surface area contributed by atoms with Gasteiger partial charge in [-0.05, 0) is 31.4 Å². The number of nitrogens with one attached hydrogen (secondary N) is 2. The van der Waals surface area contributed by atoms with Crippen LogP contribution in [0.2, 0.25) is 0 Å². The number of nitro benzene ring substituents is 1. The Morgan fingerprint density at radius 1 is 1.42 bits per heavy atom. The molecule has 7 heteroatoms. The standard InChI is InChI=1S/C12H18N4O3/c1-19-11-7-3-4-8(11)14-9-5-2-6-10(15-13)12(9)16(17)18/h2,5-6,8,11,14-15H,3-4,7,13H2,1H3. The number of nitro groups is 1. The van der Waals surface area contributed by atoms with Gasteiger partial charge in [0.05, 0.1) is 17.1 Å². The Labute approximate surface area is 111 Å². The van der Waals surface area contributed by atoms with E-state index in [0.29, 0.717) is 11.4 Å². The monoisotopic (exact) mass is 266 g/mol. The normalized spacial score (nSPS) is 22.2. The first-order valence-electron chi connectivity index (χ1n) is 6.20. The highest BCUT2D eigenvalue weighted by molar-refractivity contribution is 5.76. The molecule has 0 spiro atoms. The summed E-state index contributed by atoms with van der Waals surface area (Å²) in [5, 5.41) is 14.4. The quantitative estimate of drug-likeness (QED) is 0.427. The molecule has 0 radical (unpaired) electrons. The molecule has 1 saturated carbocycles. The van der Waals surface area contributed by atoms with Crippen molar-refractivity contribution in [2.45, 2.75) is 31.4 Å². The summed E-state index contributed by atoms with van der Waals surface area (Å²) in [5.74, 6) is 5.31. The van der Waals surface area contributed by atoms with Crippen molar-refractivity contribution in [1.29, 1.82) is 0 Å². The molecule has 0 heterocycles. The number of nitrogens with zero attached hydrogens (tertiary/aromatic N) is 1. The summed E-state index contributed by atoms with van der Waals surface area (Å²) in [7, 11) is 1.66. The molecule has 0 saturated heterocycles. The van der Waals surface area contributed by atoms with Crippen LogP contribution in [-0.4, -0.2) is 24.2 Å². The molecule has 0 aliphatic heterocycles. The van der Waals surface area contributed by atoms with Crippen molar-refractivity contribution in [2.75, 3.05) is 17.9 Å². The number of anilines is 2. The number of hydrazine groups is 1. The summed E-state index contributed by atoms with van der Waals surface area (Å²) in [6, 6.07) is 5.08. The van der Waals surface area contributed by atoms with Gasteiger partial charge >= 0.3 is 5.69 Å². The van der Waals surface area contributed by atoms with E-state index in [0.717, 1.165) is 19.3 Å². The summed E-state index contributed by atoms with van der Waals surface area (Å²) < 4.78 is 5.38. The number of ether oxygens (including phenoxy) is 1. The number of benzene rings is 1. The minimum Gasteiger partial charge on any atom is -0.379 e. The predicted octanol–water partition coefficient (Wildman–Crippen LogP) is 1.86. The van der Waals surface area contributed by atoms with E-state index in [1.54, 1.807) is 25.3 Å². The van der Waals surface area contributed by atoms with E-state index in [9.17, 15) is 10.1 Å². The van der Waals surface area contributed by atoms with Gasteiger partial charge in [-0.2, -0.15) is 0 Å². The first-order valence-corrected chi connectivity index (χ1v) is 6.20. The van der Waals surface area contributed by atoms with Crippen LogP contribution in [0.3, 0.4) is 0 Å². The molecule has 0 bridgehead atoms. The van der Waals surface area contributed by atoms with Crippen molar-refractivity contribution in [2.24, 2.45) is 5.84 Å². The van der Waals surface area contributed by atoms with Gasteiger partial charge in [0.1, 0.15) is 11.4 Å². The molecule has 2 rings (SSSR count). The second-order valence-corrected chi connectivity index (χ2v) is 4.56. The Bertz CT molecular complexity index is 466. The largest absolute Gasteiger partial charge is 0.379 e. The fourth-order valence-electron chi connectivity index (χ4n) is 2.55. The zero-order valence-corrected chi connectivity index (χ0v) is 10.8. The Morgan fingerprint density at radius 2 is 2.16 bits per heavy atom. The molecule has 4 N–H and O–H groups in total. The SMILES string of the molecule is COC1CCCC1Nc1cccc(NN)c1[N+](=O)[O-]. The molecule has 2 unspecified atom stereocenters. The van der Waals surface area contributed by atoms with E-state index in [1.165, 1.54) is 0 Å². The molecule has 1 aliphatic carbocycles. The topological polar surface area (TPSA) is 102 Å². The van der Waals surface area contributed by atoms with Gasteiger partial charge < -0.3 is 15.5 Å². The van der Waals surface area contributed by atoms with Gasteiger partial charge in [-0.25, -0.2) is 0 Å². The molecule has 104 valence electrons. The summed E-state index contributed by atoms with van der Waals surface area (Å²) in [5.41, 5.74) is 3.08. The number of hydrogen-bond donors (Lipinski definition) is 3. The predicted molar refractivity (Wildman–Crippen MR) is 73.0 cm³/mol. The molecule has 0 amide bonds. The maximum Gasteiger partial charge on any atom is 0.316 e. The number of hydrogen-bond acceptors (Lipinski definition) is 6. The first kappa shape index (κ1) is 13.6. The molecular formula is C12H18N4O3. The Morgan fingerprint density at radius 3 is 2.79 bits per heavy atom. The molecule has 1 aromatic rings. The van der Waals surface area contributed by atoms with E-state index in [2.05, 4.69) is 10.7 Å². The van der Waals surface area contributed by atoms with Crippen LogP contribution in [0.15, 0.2) is 18.2 Å². The van der Waals surface area contributed by atoms with Crippen LogP contribution in [0, 0.1) is 10.1 Å². The Balaban J connectivity index is 2.27. The third kappa shape index (κ3) is 2.77. The smallest absolute Gasteiger partial charge is 0.316 e. The molecule has 1 fully saturated rings. The minimum atomic E-state index is -0.436. The molecule has 1 aliphatic rings. The van der Waals surface area contributed by atoms with Crippen molar-refractivity contribution in [3.63, 3.8) is 0 Å². The minimum absolute atomic E-state index is 0.0354. The number of para-hydroxylation sites is 1. The number of rotatable bonds is 5. The highest BCUT2D eigenvalue weighted by Gasteiger charge is 2.29. The van der Waals surface area contributed by atoms with Crippen LogP contribution >= 0.6 is 0 Å². The van der Waals surface area contributed by atoms with Crippen LogP contribution in [0.1, 0.15) is 19.3 Å². The van der Waals surface area contributed by atoms with Crippen LogP contribution in [0.5, 0.6) is 0 Å². The Kier molecular flexibility index (Phi) is 4.18. The van der Waals surface area contributed by atoms with Gasteiger partial charge in [0.25, 0.3) is 0 Å². The van der Waals surface area contributed by atoms with Crippen molar-refractivity contribution in [3.8, 4) is 0 Å². The lowest BCUT2D eigenvalue weighted by Gasteiger charge is -2.21. The molecule has 7 nitrogen and oxygen atoms in total. The summed E-state index contributed by atoms with van der Waals surface area (Å²) in [6.07, 6.45) is 3.06. The van der Waals surface area contributed by atoms with E-state index >= 15 is 0 Å². The fraction of sp³-hybridized carbons (Fsp3) is 0.500. The molecule has 1 aromatic carbocycles. The highest BCUT2D eigenvalue weighted by Crippen LogP contribution is 2.34. The fourth-order valence-corrected chi connectivity index (χ4v) is 2.55. The van der Waals surface area contributed by atoms with Crippen LogP contribution < -0.4 is 16.6 Å². The van der Waals surface area contributed by atoms with Crippen molar-refractivity contribution in [1.82, 2.24) is 0 Å². The third-order valence-electron chi connectivity index (χ3n) is 3.47. The van der Waals surface area contributed by atoms with Crippen LogP contribution in [0.4, 0.5) is 17.1 Å². The average Bonchev–Trinajstić information content (AvgIpc) is 2.85. The van der Waals surface area contributed by atoms with Gasteiger partial charge in [-0.3, -0.25) is 16.0 Å². The molecule has 19 heavy (non-hydrogen) atoms. The molecule has 2 atom stereocenters. The van der Waals surface area contributed by atoms with E-state index in [4.69, 9.17) is 10.6 Å². The molecule has 0 aromatic heterocycles. The van der Waals surface area contributed by atoms with Crippen LogP contribution in [0.25, 0.3) is 0 Å². The second kappa shape index (κ2) is 5.85. The van der Waals surface area contributed by atoms with Crippen molar-refractivity contribution in [3.05, 3.63) is 28.3 Å². The average molecular weight is 266 g/mol. The van der Waals surface area contributed by atoms with E-state index < -0.39 is 4.92 Å². The van der Waals surface area contributed by atoms with Gasteiger partial charge in [-0.1, -0.05) is 6.07 Å². The Hall–Kier alpha value is -1.86. The lowest BCUT2D eigenvalue weighted by molar-refractivity contribution is -0.383. The van der Waals surface area contributed by atoms with Gasteiger partial charge in [0, 0.05) is 7.11 Å². The first-order chi connectivity index (χ1) is 9.17. The van der Waals surface area contributed by atoms with Crippen molar-refractivity contribution < 1.29 is 9.66 Å². The highest BCUT2D eigenvalue weighted by atomic mass is 16.6. The third-order valence-corrected chi connectivity index (χ3v) is 3.47. The lowest BCUT2D eigenvalue weighted by Crippen LogP contribution is -2.30. The number of nitrogens with two attached hydrogens (primary N) is 1. The van der Waals surface area contributed by atoms with Gasteiger partial charge in [-0.15, -0.1) is 0 Å². The van der Waals surface area contributed by atoms with Gasteiger partial charge in [0.15, 0.2) is 0 Å². The lowest BCUT2D eigenvalue weighted by atomic mass is 10.1. The molecular weight excluding hydrogens is 248 g/mol. The number of methoxy groups -OCH3 is 1. The second-order valence-electron chi connectivity index (χ2n) is 4.56. The summed E-state index contributed by atoms with van der Waals surface area (Å²) in [4.78, 5) is 10.7. The maximum atomic E-state index is 11.2. The van der Waals surface area contributed by atoms with E-state index in [-0.39, 0.29) is 17.8 Å². The van der Waals surface area contributed by atoms with E-state index in [1.807, 2.05) is 0 Å².